The molecule has 1 saturated heterocycles. The first-order valence-electron chi connectivity index (χ1n) is 7.86. The molecule has 0 unspecified atom stereocenters. The number of aryl methyl sites for hydroxylation is 1. The van der Waals surface area contributed by atoms with E-state index in [9.17, 15) is 13.2 Å². The molecule has 0 radical (unpaired) electrons. The third-order valence-electron chi connectivity index (χ3n) is 3.56. The van der Waals surface area contributed by atoms with Gasteiger partial charge in [-0.1, -0.05) is 29.2 Å². The maximum atomic E-state index is 12.7. The van der Waals surface area contributed by atoms with Crippen LogP contribution in [0.5, 0.6) is 0 Å². The molecule has 1 aliphatic heterocycles. The van der Waals surface area contributed by atoms with Crippen LogP contribution in [0.3, 0.4) is 0 Å². The zero-order valence-electron chi connectivity index (χ0n) is 14.0. The largest absolute Gasteiger partial charge is 0.379 e. The van der Waals surface area contributed by atoms with Gasteiger partial charge in [-0.15, -0.1) is 10.2 Å². The Hall–Kier alpha value is -1.53. The van der Waals surface area contributed by atoms with Crippen LogP contribution in [0.1, 0.15) is 5.01 Å². The van der Waals surface area contributed by atoms with Gasteiger partial charge in [0.2, 0.25) is 15.9 Å². The lowest BCUT2D eigenvalue weighted by Crippen LogP contribution is -2.40. The number of anilines is 1. The first-order valence-corrected chi connectivity index (χ1v) is 11.1. The van der Waals surface area contributed by atoms with Crippen LogP contribution in [0.4, 0.5) is 5.69 Å². The van der Waals surface area contributed by atoms with Crippen LogP contribution in [-0.2, 0) is 19.6 Å². The number of morpholine rings is 1. The summed E-state index contributed by atoms with van der Waals surface area (Å²) < 4.78 is 32.7. The van der Waals surface area contributed by atoms with Crippen LogP contribution in [0.25, 0.3) is 0 Å². The van der Waals surface area contributed by atoms with E-state index < -0.39 is 10.0 Å². The van der Waals surface area contributed by atoms with Gasteiger partial charge in [0, 0.05) is 18.8 Å². The van der Waals surface area contributed by atoms with E-state index in [1.54, 1.807) is 12.1 Å². The minimum atomic E-state index is -3.59. The highest BCUT2D eigenvalue weighted by atomic mass is 32.2. The van der Waals surface area contributed by atoms with Crippen molar-refractivity contribution in [3.05, 3.63) is 29.3 Å². The van der Waals surface area contributed by atoms with Crippen molar-refractivity contribution in [3.8, 4) is 0 Å². The molecule has 11 heteroatoms. The molecular weight excluding hydrogens is 396 g/mol. The number of hydrogen-bond acceptors (Lipinski definition) is 8. The van der Waals surface area contributed by atoms with Crippen LogP contribution in [0.2, 0.25) is 0 Å². The van der Waals surface area contributed by atoms with Gasteiger partial charge in [-0.2, -0.15) is 4.31 Å². The highest BCUT2D eigenvalue weighted by molar-refractivity contribution is 8.01. The van der Waals surface area contributed by atoms with Crippen molar-refractivity contribution < 1.29 is 17.9 Å². The van der Waals surface area contributed by atoms with Crippen LogP contribution in [0.15, 0.2) is 33.5 Å². The molecule has 2 aromatic rings. The lowest BCUT2D eigenvalue weighted by molar-refractivity contribution is -0.113. The molecule has 26 heavy (non-hydrogen) atoms. The van der Waals surface area contributed by atoms with Crippen molar-refractivity contribution in [2.45, 2.75) is 16.2 Å². The first-order chi connectivity index (χ1) is 12.4. The van der Waals surface area contributed by atoms with Crippen molar-refractivity contribution in [1.82, 2.24) is 14.5 Å². The van der Waals surface area contributed by atoms with Gasteiger partial charge >= 0.3 is 0 Å². The summed E-state index contributed by atoms with van der Waals surface area (Å²) in [6, 6.07) is 6.28. The minimum Gasteiger partial charge on any atom is -0.379 e. The molecule has 1 amide bonds. The van der Waals surface area contributed by atoms with Gasteiger partial charge in [-0.05, 0) is 25.1 Å². The predicted octanol–water partition coefficient (Wildman–Crippen LogP) is 1.60. The average molecular weight is 415 g/mol. The monoisotopic (exact) mass is 414 g/mol. The number of rotatable bonds is 6. The molecule has 1 fully saturated rings. The first kappa shape index (κ1) is 19.2. The Bertz CT molecular complexity index is 879. The molecule has 0 spiro atoms. The zero-order valence-corrected chi connectivity index (χ0v) is 16.5. The Morgan fingerprint density at radius 2 is 2.12 bits per heavy atom. The average Bonchev–Trinajstić information content (AvgIpc) is 3.06. The van der Waals surface area contributed by atoms with Crippen LogP contribution < -0.4 is 5.32 Å². The molecule has 0 bridgehead atoms. The molecule has 3 rings (SSSR count). The fourth-order valence-corrected chi connectivity index (χ4v) is 5.40. The van der Waals surface area contributed by atoms with Gasteiger partial charge in [0.05, 0.1) is 23.9 Å². The molecule has 1 aliphatic rings. The zero-order chi connectivity index (χ0) is 18.6. The number of ether oxygens (including phenoxy) is 1. The number of hydrogen-bond donors (Lipinski definition) is 1. The number of carbonyl (C=O) groups excluding carboxylic acids is 1. The molecule has 0 saturated carbocycles. The maximum Gasteiger partial charge on any atom is 0.243 e. The molecule has 140 valence electrons. The highest BCUT2D eigenvalue weighted by Gasteiger charge is 2.26. The number of amides is 1. The predicted molar refractivity (Wildman–Crippen MR) is 100 cm³/mol. The van der Waals surface area contributed by atoms with E-state index >= 15 is 0 Å². The summed E-state index contributed by atoms with van der Waals surface area (Å²) >= 11 is 2.72. The fourth-order valence-electron chi connectivity index (χ4n) is 2.33. The number of sulfonamides is 1. The second kappa shape index (κ2) is 8.44. The van der Waals surface area contributed by atoms with E-state index in [4.69, 9.17) is 4.74 Å². The lowest BCUT2D eigenvalue weighted by atomic mass is 10.3. The van der Waals surface area contributed by atoms with Gasteiger partial charge in [0.25, 0.3) is 0 Å². The van der Waals surface area contributed by atoms with Gasteiger partial charge in [0.15, 0.2) is 4.34 Å². The van der Waals surface area contributed by atoms with Gasteiger partial charge in [0.1, 0.15) is 5.01 Å². The number of aromatic nitrogens is 2. The van der Waals surface area contributed by atoms with E-state index in [1.807, 2.05) is 6.92 Å². The molecule has 0 atom stereocenters. The number of carbonyl (C=O) groups is 1. The van der Waals surface area contributed by atoms with Gasteiger partial charge < -0.3 is 10.1 Å². The van der Waals surface area contributed by atoms with Gasteiger partial charge in [-0.25, -0.2) is 8.42 Å². The summed E-state index contributed by atoms with van der Waals surface area (Å²) in [5.41, 5.74) is 0.443. The smallest absolute Gasteiger partial charge is 0.243 e. The highest BCUT2D eigenvalue weighted by Crippen LogP contribution is 2.23. The maximum absolute atomic E-state index is 12.7. The second-order valence-electron chi connectivity index (χ2n) is 5.47. The van der Waals surface area contributed by atoms with Crippen molar-refractivity contribution in [2.75, 3.05) is 37.4 Å². The van der Waals surface area contributed by atoms with Crippen LogP contribution in [0, 0.1) is 6.92 Å². The van der Waals surface area contributed by atoms with Gasteiger partial charge in [-0.3, -0.25) is 4.79 Å². The van der Waals surface area contributed by atoms with Crippen molar-refractivity contribution >= 4 is 44.7 Å². The quantitative estimate of drug-likeness (QED) is 0.716. The summed E-state index contributed by atoms with van der Waals surface area (Å²) in [6.07, 6.45) is 0. The molecular formula is C15H18N4O4S3. The topological polar surface area (TPSA) is 101 Å². The number of nitrogens with one attached hydrogen (secondary N) is 1. The van der Waals surface area contributed by atoms with E-state index in [0.29, 0.717) is 32.0 Å². The summed E-state index contributed by atoms with van der Waals surface area (Å²) in [7, 11) is -3.59. The molecule has 1 aromatic heterocycles. The number of thioether (sulfide) groups is 1. The van der Waals surface area contributed by atoms with Crippen molar-refractivity contribution in [1.29, 1.82) is 0 Å². The molecule has 1 aromatic carbocycles. The fraction of sp³-hybridized carbons (Fsp3) is 0.400. The summed E-state index contributed by atoms with van der Waals surface area (Å²) in [6.45, 7) is 3.28. The molecule has 8 nitrogen and oxygen atoms in total. The lowest BCUT2D eigenvalue weighted by Gasteiger charge is -2.26. The Morgan fingerprint density at radius 1 is 1.35 bits per heavy atom. The summed E-state index contributed by atoms with van der Waals surface area (Å²) in [4.78, 5) is 12.3. The molecule has 0 aliphatic carbocycles. The third-order valence-corrected chi connectivity index (χ3v) is 7.43. The Balaban J connectivity index is 1.64. The summed E-state index contributed by atoms with van der Waals surface area (Å²) in [5, 5.41) is 11.4. The Kier molecular flexibility index (Phi) is 6.24. The van der Waals surface area contributed by atoms with E-state index in [-0.39, 0.29) is 16.6 Å². The molecule has 2 heterocycles. The Morgan fingerprint density at radius 3 is 2.81 bits per heavy atom. The standard InChI is InChI=1S/C15H18N4O4S3/c1-11-17-18-15(25-11)24-10-14(20)16-12-3-2-4-13(9-12)26(21,22)19-5-7-23-8-6-19/h2-4,9H,5-8,10H2,1H3,(H,16,20). The van der Waals surface area contributed by atoms with Crippen molar-refractivity contribution in [3.63, 3.8) is 0 Å². The second-order valence-corrected chi connectivity index (χ2v) is 9.81. The van der Waals surface area contributed by atoms with E-state index in [1.165, 1.54) is 39.5 Å². The van der Waals surface area contributed by atoms with Crippen LogP contribution >= 0.6 is 23.1 Å². The van der Waals surface area contributed by atoms with E-state index in [2.05, 4.69) is 15.5 Å². The van der Waals surface area contributed by atoms with Crippen molar-refractivity contribution in [2.24, 2.45) is 0 Å². The minimum absolute atomic E-state index is 0.157. The summed E-state index contributed by atoms with van der Waals surface area (Å²) in [5.74, 6) is -0.0569. The van der Waals surface area contributed by atoms with Crippen LogP contribution in [-0.4, -0.2) is 60.9 Å². The normalized spacial score (nSPS) is 15.7. The number of benzene rings is 1. The number of nitrogens with zero attached hydrogens (tertiary/aromatic N) is 3. The molecule has 1 N–H and O–H groups in total. The Labute approximate surface area is 160 Å². The SMILES string of the molecule is Cc1nnc(SCC(=O)Nc2cccc(S(=O)(=O)N3CCOCC3)c2)s1. The van der Waals surface area contributed by atoms with E-state index in [0.717, 1.165) is 9.35 Å². The third kappa shape index (κ3) is 4.80.